The van der Waals surface area contributed by atoms with Crippen LogP contribution in [0.1, 0.15) is 37.7 Å². The highest BCUT2D eigenvalue weighted by Crippen LogP contribution is 2.27. The van der Waals surface area contributed by atoms with Crippen molar-refractivity contribution in [3.63, 3.8) is 0 Å². The van der Waals surface area contributed by atoms with E-state index in [0.29, 0.717) is 34.1 Å². The van der Waals surface area contributed by atoms with E-state index in [1.54, 1.807) is 12.3 Å². The van der Waals surface area contributed by atoms with Crippen LogP contribution in [-0.2, 0) is 12.0 Å². The molecule has 34 heavy (non-hydrogen) atoms. The van der Waals surface area contributed by atoms with Crippen molar-refractivity contribution >= 4 is 60.6 Å². The van der Waals surface area contributed by atoms with Gasteiger partial charge in [-0.25, -0.2) is 4.98 Å². The summed E-state index contributed by atoms with van der Waals surface area (Å²) in [7, 11) is 0. The maximum atomic E-state index is 13.3. The van der Waals surface area contributed by atoms with Crippen molar-refractivity contribution in [2.24, 2.45) is 5.10 Å². The second-order valence-corrected chi connectivity index (χ2v) is 11.0. The first-order chi connectivity index (χ1) is 16.1. The smallest absolute Gasteiger partial charge is 0.282 e. The molecule has 1 aromatic heterocycles. The Morgan fingerprint density at radius 3 is 2.47 bits per heavy atom. The Hall–Kier alpha value is -2.48. The van der Waals surface area contributed by atoms with Crippen molar-refractivity contribution in [3.05, 3.63) is 102 Å². The first kappa shape index (κ1) is 24.6. The van der Waals surface area contributed by atoms with Crippen LogP contribution in [0, 0.1) is 0 Å². The van der Waals surface area contributed by atoms with E-state index in [4.69, 9.17) is 21.3 Å². The average molecular weight is 604 g/mol. The van der Waals surface area contributed by atoms with E-state index in [1.807, 2.05) is 75.4 Å². The number of ether oxygens (including phenoxy) is 1. The third-order valence-corrected chi connectivity index (χ3v) is 6.43. The molecule has 0 aliphatic carbocycles. The van der Waals surface area contributed by atoms with Crippen molar-refractivity contribution in [3.8, 4) is 5.75 Å². The molecule has 0 bridgehead atoms. The lowest BCUT2D eigenvalue weighted by Crippen LogP contribution is -2.29. The lowest BCUT2D eigenvalue weighted by molar-refractivity contribution is 0.304. The molecule has 174 valence electrons. The van der Waals surface area contributed by atoms with Crippen LogP contribution < -0.4 is 10.3 Å². The fourth-order valence-electron chi connectivity index (χ4n) is 3.32. The number of nitrogens with zero attached hydrogens (tertiary/aromatic N) is 3. The van der Waals surface area contributed by atoms with Gasteiger partial charge in [0.2, 0.25) is 0 Å². The Kier molecular flexibility index (Phi) is 7.26. The molecule has 1 heterocycles. The summed E-state index contributed by atoms with van der Waals surface area (Å²) in [5.74, 6) is 1.29. The van der Waals surface area contributed by atoms with Crippen molar-refractivity contribution in [1.82, 2.24) is 9.66 Å². The number of hydrogen-bond acceptors (Lipinski definition) is 4. The van der Waals surface area contributed by atoms with Crippen LogP contribution in [0.4, 0.5) is 0 Å². The van der Waals surface area contributed by atoms with Gasteiger partial charge in [0.15, 0.2) is 0 Å². The first-order valence-corrected chi connectivity index (χ1v) is 12.5. The zero-order valence-corrected chi connectivity index (χ0v) is 22.8. The van der Waals surface area contributed by atoms with Gasteiger partial charge in [-0.3, -0.25) is 4.79 Å². The molecule has 0 aliphatic rings. The number of rotatable bonds is 5. The molecule has 5 nitrogen and oxygen atoms in total. The van der Waals surface area contributed by atoms with E-state index in [-0.39, 0.29) is 11.0 Å². The van der Waals surface area contributed by atoms with Gasteiger partial charge in [-0.15, -0.1) is 0 Å². The summed E-state index contributed by atoms with van der Waals surface area (Å²) >= 11 is 12.9. The predicted octanol–water partition coefficient (Wildman–Crippen LogP) is 7.33. The van der Waals surface area contributed by atoms with Crippen molar-refractivity contribution in [2.45, 2.75) is 32.8 Å². The second-order valence-electron chi connectivity index (χ2n) is 8.81. The highest BCUT2D eigenvalue weighted by molar-refractivity contribution is 9.10. The molecular formula is C26H22Br2ClN3O2. The predicted molar refractivity (Wildman–Crippen MR) is 145 cm³/mol. The van der Waals surface area contributed by atoms with E-state index in [0.717, 1.165) is 20.1 Å². The zero-order valence-electron chi connectivity index (χ0n) is 18.8. The number of halogens is 3. The van der Waals surface area contributed by atoms with Crippen LogP contribution in [0.5, 0.6) is 5.75 Å². The third-order valence-electron chi connectivity index (χ3n) is 5.06. The van der Waals surface area contributed by atoms with Gasteiger partial charge in [-0.2, -0.15) is 9.78 Å². The Morgan fingerprint density at radius 2 is 1.79 bits per heavy atom. The van der Waals surface area contributed by atoms with Gasteiger partial charge in [-0.05, 0) is 75.6 Å². The van der Waals surface area contributed by atoms with E-state index in [1.165, 1.54) is 4.68 Å². The Balaban J connectivity index is 1.63. The molecule has 3 aromatic carbocycles. The summed E-state index contributed by atoms with van der Waals surface area (Å²) in [5.41, 5.74) is 1.89. The van der Waals surface area contributed by atoms with Gasteiger partial charge in [-0.1, -0.05) is 60.4 Å². The molecule has 0 unspecified atom stereocenters. The number of fused-ring (bicyclic) bond motifs is 1. The molecule has 0 aliphatic heterocycles. The van der Waals surface area contributed by atoms with Gasteiger partial charge in [0.05, 0.1) is 21.6 Å². The van der Waals surface area contributed by atoms with Gasteiger partial charge in [0.25, 0.3) is 5.56 Å². The standard InChI is InChI=1S/C26H22Br2ClN3O2/c1-26(2,3)25-31-22-10-7-18(27)13-20(22)24(33)32(25)30-14-17-6-11-23(21(28)12-17)34-15-16-4-8-19(29)9-5-16/h4-14H,15H2,1-3H3. The number of hydrogen-bond donors (Lipinski definition) is 0. The number of benzene rings is 3. The SMILES string of the molecule is CC(C)(C)c1nc2ccc(Br)cc2c(=O)n1N=Cc1ccc(OCc2ccc(Cl)cc2)c(Br)c1. The quantitative estimate of drug-likeness (QED) is 0.225. The van der Waals surface area contributed by atoms with E-state index >= 15 is 0 Å². The summed E-state index contributed by atoms with van der Waals surface area (Å²) in [6.45, 7) is 6.45. The lowest BCUT2D eigenvalue weighted by Gasteiger charge is -2.20. The van der Waals surface area contributed by atoms with E-state index < -0.39 is 0 Å². The molecular weight excluding hydrogens is 582 g/mol. The molecule has 0 saturated heterocycles. The molecule has 4 rings (SSSR count). The molecule has 0 amide bonds. The summed E-state index contributed by atoms with van der Waals surface area (Å²) in [6.07, 6.45) is 1.65. The highest BCUT2D eigenvalue weighted by Gasteiger charge is 2.22. The topological polar surface area (TPSA) is 56.5 Å². The molecule has 0 saturated carbocycles. The minimum atomic E-state index is -0.377. The Morgan fingerprint density at radius 1 is 1.06 bits per heavy atom. The zero-order chi connectivity index (χ0) is 24.5. The molecule has 0 radical (unpaired) electrons. The fourth-order valence-corrected chi connectivity index (χ4v) is 4.32. The minimum Gasteiger partial charge on any atom is -0.488 e. The van der Waals surface area contributed by atoms with Gasteiger partial charge in [0.1, 0.15) is 18.2 Å². The summed E-state index contributed by atoms with van der Waals surface area (Å²) < 4.78 is 8.90. The largest absolute Gasteiger partial charge is 0.488 e. The Labute approximate surface area is 219 Å². The molecule has 0 spiro atoms. The lowest BCUT2D eigenvalue weighted by atomic mass is 9.95. The molecule has 0 fully saturated rings. The Bertz CT molecular complexity index is 1440. The monoisotopic (exact) mass is 601 g/mol. The van der Waals surface area contributed by atoms with Crippen molar-refractivity contribution < 1.29 is 4.74 Å². The fraction of sp³-hybridized carbons (Fsp3) is 0.192. The van der Waals surface area contributed by atoms with Crippen LogP contribution in [0.2, 0.25) is 5.02 Å². The minimum absolute atomic E-state index is 0.213. The van der Waals surface area contributed by atoms with Gasteiger partial charge < -0.3 is 4.74 Å². The van der Waals surface area contributed by atoms with Crippen molar-refractivity contribution in [2.75, 3.05) is 0 Å². The molecule has 8 heteroatoms. The average Bonchev–Trinajstić information content (AvgIpc) is 2.78. The van der Waals surface area contributed by atoms with Crippen LogP contribution in [0.3, 0.4) is 0 Å². The molecule has 4 aromatic rings. The van der Waals surface area contributed by atoms with Crippen LogP contribution >= 0.6 is 43.5 Å². The van der Waals surface area contributed by atoms with E-state index in [9.17, 15) is 4.79 Å². The van der Waals surface area contributed by atoms with Crippen LogP contribution in [-0.4, -0.2) is 15.9 Å². The molecule has 0 N–H and O–H groups in total. The maximum absolute atomic E-state index is 13.3. The van der Waals surface area contributed by atoms with Crippen LogP contribution in [0.25, 0.3) is 10.9 Å². The first-order valence-electron chi connectivity index (χ1n) is 10.6. The van der Waals surface area contributed by atoms with E-state index in [2.05, 4.69) is 37.0 Å². The summed E-state index contributed by atoms with van der Waals surface area (Å²) in [4.78, 5) is 18.0. The molecule has 0 atom stereocenters. The third kappa shape index (κ3) is 5.59. The summed E-state index contributed by atoms with van der Waals surface area (Å²) in [5, 5.41) is 5.72. The van der Waals surface area contributed by atoms with Gasteiger partial charge >= 0.3 is 0 Å². The van der Waals surface area contributed by atoms with Gasteiger partial charge in [0, 0.05) is 14.9 Å². The van der Waals surface area contributed by atoms with Crippen molar-refractivity contribution in [1.29, 1.82) is 0 Å². The maximum Gasteiger partial charge on any atom is 0.282 e. The number of aromatic nitrogens is 2. The summed E-state index contributed by atoms with van der Waals surface area (Å²) in [6, 6.07) is 18.7. The van der Waals surface area contributed by atoms with Crippen LogP contribution in [0.15, 0.2) is 79.5 Å². The highest BCUT2D eigenvalue weighted by atomic mass is 79.9. The normalized spacial score (nSPS) is 11.9. The second kappa shape index (κ2) is 10.0.